The first kappa shape index (κ1) is 15.5. The summed E-state index contributed by atoms with van der Waals surface area (Å²) in [5, 5.41) is 2.47. The summed E-state index contributed by atoms with van der Waals surface area (Å²) in [5.74, 6) is 0.464. The van der Waals surface area contributed by atoms with Crippen LogP contribution in [-0.4, -0.2) is 25.7 Å². The van der Waals surface area contributed by atoms with Crippen LogP contribution >= 0.6 is 0 Å². The van der Waals surface area contributed by atoms with E-state index in [4.69, 9.17) is 4.74 Å². The van der Waals surface area contributed by atoms with E-state index in [1.807, 2.05) is 19.1 Å². The Kier molecular flexibility index (Phi) is 4.17. The zero-order valence-electron chi connectivity index (χ0n) is 14.4. The van der Waals surface area contributed by atoms with E-state index in [0.29, 0.717) is 18.1 Å². The van der Waals surface area contributed by atoms with Crippen LogP contribution in [-0.2, 0) is 4.74 Å². The van der Waals surface area contributed by atoms with E-state index in [0.717, 1.165) is 5.39 Å². The van der Waals surface area contributed by atoms with Gasteiger partial charge in [-0.05, 0) is 79.5 Å². The standard InChI is InChI=1S/C21H25NO2/c1-2-24-21(23)17-8-10-18-16(14-17)9-11-19(20(18)15-6-7-15)22-12-4-3-5-13-22/h8-11,14-15H,2-7,12-13H2,1H3. The van der Waals surface area contributed by atoms with Crippen molar-refractivity contribution in [1.82, 2.24) is 0 Å². The molecular weight excluding hydrogens is 298 g/mol. The second kappa shape index (κ2) is 6.46. The first-order valence-electron chi connectivity index (χ1n) is 9.26. The number of carbonyl (C=O) groups is 1. The molecule has 4 rings (SSSR count). The van der Waals surface area contributed by atoms with Gasteiger partial charge in [-0.3, -0.25) is 0 Å². The van der Waals surface area contributed by atoms with Gasteiger partial charge in [0.25, 0.3) is 0 Å². The van der Waals surface area contributed by atoms with E-state index in [9.17, 15) is 4.79 Å². The van der Waals surface area contributed by atoms with E-state index in [1.54, 1.807) is 0 Å². The van der Waals surface area contributed by atoms with E-state index < -0.39 is 0 Å². The Bertz CT molecular complexity index is 758. The molecule has 2 aliphatic rings. The maximum atomic E-state index is 12.0. The molecule has 0 radical (unpaired) electrons. The Morgan fingerprint density at radius 1 is 1.12 bits per heavy atom. The lowest BCUT2D eigenvalue weighted by molar-refractivity contribution is 0.0526. The lowest BCUT2D eigenvalue weighted by atomic mass is 9.96. The molecule has 2 fully saturated rings. The van der Waals surface area contributed by atoms with Crippen LogP contribution < -0.4 is 4.90 Å². The van der Waals surface area contributed by atoms with E-state index >= 15 is 0 Å². The van der Waals surface area contributed by atoms with Crippen molar-refractivity contribution in [2.45, 2.75) is 44.9 Å². The van der Waals surface area contributed by atoms with Crippen molar-refractivity contribution in [1.29, 1.82) is 0 Å². The second-order valence-corrected chi connectivity index (χ2v) is 6.98. The van der Waals surface area contributed by atoms with E-state index in [-0.39, 0.29) is 5.97 Å². The van der Waals surface area contributed by atoms with Gasteiger partial charge in [-0.2, -0.15) is 0 Å². The third-order valence-electron chi connectivity index (χ3n) is 5.23. The van der Waals surface area contributed by atoms with Gasteiger partial charge in [0.2, 0.25) is 0 Å². The zero-order valence-corrected chi connectivity index (χ0v) is 14.4. The first-order chi connectivity index (χ1) is 11.8. The lowest BCUT2D eigenvalue weighted by Crippen LogP contribution is -2.30. The largest absolute Gasteiger partial charge is 0.462 e. The fraction of sp³-hybridized carbons (Fsp3) is 0.476. The monoisotopic (exact) mass is 323 g/mol. The summed E-state index contributed by atoms with van der Waals surface area (Å²) in [4.78, 5) is 14.6. The molecule has 126 valence electrons. The molecule has 0 unspecified atom stereocenters. The van der Waals surface area contributed by atoms with Gasteiger partial charge in [0.05, 0.1) is 12.2 Å². The van der Waals surface area contributed by atoms with Gasteiger partial charge < -0.3 is 9.64 Å². The Morgan fingerprint density at radius 2 is 1.92 bits per heavy atom. The first-order valence-corrected chi connectivity index (χ1v) is 9.26. The van der Waals surface area contributed by atoms with Crippen LogP contribution in [0.25, 0.3) is 10.8 Å². The van der Waals surface area contributed by atoms with Crippen molar-refractivity contribution in [3.63, 3.8) is 0 Å². The number of hydrogen-bond acceptors (Lipinski definition) is 3. The van der Waals surface area contributed by atoms with Gasteiger partial charge in [-0.15, -0.1) is 0 Å². The number of carbonyl (C=O) groups excluding carboxylic acids is 1. The summed E-state index contributed by atoms with van der Waals surface area (Å²) in [6.45, 7) is 4.60. The van der Waals surface area contributed by atoms with Crippen LogP contribution in [0.1, 0.15) is 60.9 Å². The molecule has 0 N–H and O–H groups in total. The predicted octanol–water partition coefficient (Wildman–Crippen LogP) is 4.88. The SMILES string of the molecule is CCOC(=O)c1ccc2c(C3CC3)c(N3CCCCC3)ccc2c1. The number of benzene rings is 2. The van der Waals surface area contributed by atoms with Gasteiger partial charge in [0.15, 0.2) is 0 Å². The van der Waals surface area contributed by atoms with Crippen LogP contribution in [0.5, 0.6) is 0 Å². The van der Waals surface area contributed by atoms with Gasteiger partial charge in [0.1, 0.15) is 0 Å². The molecule has 1 saturated heterocycles. The van der Waals surface area contributed by atoms with Crippen molar-refractivity contribution >= 4 is 22.4 Å². The fourth-order valence-electron chi connectivity index (χ4n) is 3.90. The van der Waals surface area contributed by atoms with Crippen LogP contribution in [0.4, 0.5) is 5.69 Å². The summed E-state index contributed by atoms with van der Waals surface area (Å²) in [6.07, 6.45) is 6.53. The van der Waals surface area contributed by atoms with Crippen LogP contribution in [0.3, 0.4) is 0 Å². The summed E-state index contributed by atoms with van der Waals surface area (Å²) >= 11 is 0. The number of esters is 1. The molecular formula is C21H25NO2. The molecule has 2 aromatic carbocycles. The molecule has 1 saturated carbocycles. The number of anilines is 1. The highest BCUT2D eigenvalue weighted by Gasteiger charge is 2.30. The lowest BCUT2D eigenvalue weighted by Gasteiger charge is -2.31. The third kappa shape index (κ3) is 2.88. The molecule has 0 atom stereocenters. The van der Waals surface area contributed by atoms with Crippen molar-refractivity contribution < 1.29 is 9.53 Å². The minimum atomic E-state index is -0.229. The molecule has 2 aromatic rings. The summed E-state index contributed by atoms with van der Waals surface area (Å²) in [7, 11) is 0. The van der Waals surface area contributed by atoms with Crippen LogP contribution in [0.15, 0.2) is 30.3 Å². The average Bonchev–Trinajstić information content (AvgIpc) is 3.46. The molecule has 0 aromatic heterocycles. The Balaban J connectivity index is 1.77. The quantitative estimate of drug-likeness (QED) is 0.751. The third-order valence-corrected chi connectivity index (χ3v) is 5.23. The number of piperidine rings is 1. The van der Waals surface area contributed by atoms with Crippen LogP contribution in [0, 0.1) is 0 Å². The minimum absolute atomic E-state index is 0.229. The molecule has 1 aliphatic heterocycles. The predicted molar refractivity (Wildman–Crippen MR) is 97.9 cm³/mol. The highest BCUT2D eigenvalue weighted by molar-refractivity contribution is 5.98. The Labute approximate surface area is 143 Å². The number of fused-ring (bicyclic) bond motifs is 1. The zero-order chi connectivity index (χ0) is 16.5. The van der Waals surface area contributed by atoms with Crippen molar-refractivity contribution in [3.8, 4) is 0 Å². The second-order valence-electron chi connectivity index (χ2n) is 6.98. The Morgan fingerprint density at radius 3 is 2.62 bits per heavy atom. The maximum Gasteiger partial charge on any atom is 0.338 e. The summed E-state index contributed by atoms with van der Waals surface area (Å²) in [6, 6.07) is 10.5. The molecule has 3 nitrogen and oxygen atoms in total. The minimum Gasteiger partial charge on any atom is -0.462 e. The smallest absolute Gasteiger partial charge is 0.338 e. The molecule has 24 heavy (non-hydrogen) atoms. The van der Waals surface area contributed by atoms with E-state index in [1.165, 1.54) is 61.8 Å². The number of ether oxygens (including phenoxy) is 1. The van der Waals surface area contributed by atoms with Gasteiger partial charge in [-0.25, -0.2) is 4.79 Å². The highest BCUT2D eigenvalue weighted by atomic mass is 16.5. The van der Waals surface area contributed by atoms with Gasteiger partial charge in [0, 0.05) is 18.8 Å². The number of rotatable bonds is 4. The number of nitrogens with zero attached hydrogens (tertiary/aromatic N) is 1. The average molecular weight is 323 g/mol. The molecule has 1 aliphatic carbocycles. The highest BCUT2D eigenvalue weighted by Crippen LogP contribution is 2.48. The van der Waals surface area contributed by atoms with Gasteiger partial charge >= 0.3 is 5.97 Å². The molecule has 1 heterocycles. The van der Waals surface area contributed by atoms with Crippen LogP contribution in [0.2, 0.25) is 0 Å². The molecule has 0 amide bonds. The van der Waals surface area contributed by atoms with Crippen molar-refractivity contribution in [2.75, 3.05) is 24.6 Å². The number of hydrogen-bond donors (Lipinski definition) is 0. The van der Waals surface area contributed by atoms with E-state index in [2.05, 4.69) is 23.1 Å². The van der Waals surface area contributed by atoms with Gasteiger partial charge in [-0.1, -0.05) is 12.1 Å². The van der Waals surface area contributed by atoms with Crippen molar-refractivity contribution in [2.24, 2.45) is 0 Å². The summed E-state index contributed by atoms with van der Waals surface area (Å²) < 4.78 is 5.14. The molecule has 3 heteroatoms. The topological polar surface area (TPSA) is 29.5 Å². The molecule has 0 bridgehead atoms. The van der Waals surface area contributed by atoms with Crippen molar-refractivity contribution in [3.05, 3.63) is 41.5 Å². The normalized spacial score (nSPS) is 18.0. The maximum absolute atomic E-state index is 12.0. The molecule has 0 spiro atoms. The fourth-order valence-corrected chi connectivity index (χ4v) is 3.90. The summed E-state index contributed by atoms with van der Waals surface area (Å²) in [5.41, 5.74) is 3.58. The Hall–Kier alpha value is -2.03.